The minimum absolute atomic E-state index is 0.745. The Balaban J connectivity index is 1.42. The van der Waals surface area contributed by atoms with Crippen LogP contribution in [0.15, 0.2) is 131 Å². The first-order valence-corrected chi connectivity index (χ1v) is 13.8. The predicted molar refractivity (Wildman–Crippen MR) is 163 cm³/mol. The van der Waals surface area contributed by atoms with Crippen molar-refractivity contribution in [1.29, 1.82) is 0 Å². The van der Waals surface area contributed by atoms with Crippen LogP contribution in [0.25, 0.3) is 49.4 Å². The maximum Gasteiger partial charge on any atom is 0.0715 e. The van der Waals surface area contributed by atoms with E-state index in [9.17, 15) is 0 Å². The molecule has 6 aromatic carbocycles. The summed E-state index contributed by atoms with van der Waals surface area (Å²) in [7, 11) is 0. The van der Waals surface area contributed by atoms with Gasteiger partial charge in [-0.15, -0.1) is 0 Å². The second kappa shape index (κ2) is 8.42. The highest BCUT2D eigenvalue weighted by Crippen LogP contribution is 2.49. The quantitative estimate of drug-likeness (QED) is 0.242. The summed E-state index contributed by atoms with van der Waals surface area (Å²) in [5, 5.41) is 9.38. The lowest BCUT2D eigenvalue weighted by Gasteiger charge is -2.22. The third-order valence-corrected chi connectivity index (χ3v) is 8.87. The molecule has 0 atom stereocenters. The normalized spacial score (nSPS) is 12.4. The monoisotopic (exact) mass is 524 g/mol. The fourth-order valence-corrected chi connectivity index (χ4v) is 7.10. The SMILES string of the molecule is Clc1cccc2c1Nc1ccc(-c3cc4c(c5ccccc35)c3ccccc3n4-c3ccccc3)cc1S2. The van der Waals surface area contributed by atoms with Crippen LogP contribution in [-0.4, -0.2) is 4.57 Å². The van der Waals surface area contributed by atoms with Crippen LogP contribution in [0.2, 0.25) is 5.02 Å². The van der Waals surface area contributed by atoms with E-state index in [1.54, 1.807) is 11.8 Å². The van der Waals surface area contributed by atoms with Crippen molar-refractivity contribution in [2.75, 3.05) is 5.32 Å². The van der Waals surface area contributed by atoms with Crippen LogP contribution in [0, 0.1) is 0 Å². The van der Waals surface area contributed by atoms with Crippen molar-refractivity contribution < 1.29 is 0 Å². The zero-order valence-corrected chi connectivity index (χ0v) is 21.9. The van der Waals surface area contributed by atoms with E-state index in [0.29, 0.717) is 0 Å². The zero-order valence-electron chi connectivity index (χ0n) is 20.3. The second-order valence-electron chi connectivity index (χ2n) is 9.60. The number of nitrogens with zero attached hydrogens (tertiary/aromatic N) is 1. The first-order chi connectivity index (χ1) is 18.8. The Morgan fingerprint density at radius 2 is 1.37 bits per heavy atom. The van der Waals surface area contributed by atoms with Crippen molar-refractivity contribution in [3.05, 3.63) is 126 Å². The summed E-state index contributed by atoms with van der Waals surface area (Å²) in [6.45, 7) is 0. The fourth-order valence-electron chi connectivity index (χ4n) is 5.77. The summed E-state index contributed by atoms with van der Waals surface area (Å²) < 4.78 is 2.40. The van der Waals surface area contributed by atoms with Gasteiger partial charge in [0.05, 0.1) is 27.4 Å². The summed E-state index contributed by atoms with van der Waals surface area (Å²) in [6.07, 6.45) is 0. The Bertz CT molecular complexity index is 2040. The van der Waals surface area contributed by atoms with Gasteiger partial charge in [-0.3, -0.25) is 0 Å². The molecular formula is C34H21ClN2S. The lowest BCUT2D eigenvalue weighted by molar-refractivity contribution is 1.18. The van der Waals surface area contributed by atoms with Crippen LogP contribution < -0.4 is 5.32 Å². The molecule has 0 aliphatic carbocycles. The van der Waals surface area contributed by atoms with Gasteiger partial charge in [0.25, 0.3) is 0 Å². The van der Waals surface area contributed by atoms with Crippen LogP contribution in [0.1, 0.15) is 0 Å². The molecule has 0 bridgehead atoms. The van der Waals surface area contributed by atoms with Gasteiger partial charge in [0.1, 0.15) is 0 Å². The number of aromatic nitrogens is 1. The lowest BCUT2D eigenvalue weighted by Crippen LogP contribution is -2.00. The maximum atomic E-state index is 6.48. The average molecular weight is 525 g/mol. The van der Waals surface area contributed by atoms with E-state index in [-0.39, 0.29) is 0 Å². The van der Waals surface area contributed by atoms with Crippen LogP contribution in [0.4, 0.5) is 11.4 Å². The average Bonchev–Trinajstić information content (AvgIpc) is 3.31. The third-order valence-electron chi connectivity index (χ3n) is 7.44. The van der Waals surface area contributed by atoms with Crippen LogP contribution >= 0.6 is 23.4 Å². The third kappa shape index (κ3) is 3.22. The summed E-state index contributed by atoms with van der Waals surface area (Å²) in [5.41, 5.74) is 8.10. The van der Waals surface area contributed by atoms with E-state index in [2.05, 4.69) is 119 Å². The van der Waals surface area contributed by atoms with Gasteiger partial charge in [-0.25, -0.2) is 0 Å². The smallest absolute Gasteiger partial charge is 0.0715 e. The number of rotatable bonds is 2. The van der Waals surface area contributed by atoms with Crippen molar-refractivity contribution >= 4 is 67.3 Å². The van der Waals surface area contributed by atoms with Crippen molar-refractivity contribution in [1.82, 2.24) is 4.57 Å². The summed E-state index contributed by atoms with van der Waals surface area (Å²) in [6, 6.07) is 43.3. The molecule has 2 heterocycles. The fraction of sp³-hybridized carbons (Fsp3) is 0. The second-order valence-corrected chi connectivity index (χ2v) is 11.1. The van der Waals surface area contributed by atoms with Gasteiger partial charge < -0.3 is 9.88 Å². The highest BCUT2D eigenvalue weighted by Gasteiger charge is 2.21. The standard InChI is InChI=1S/C34H21ClN2S/c35-27-14-8-16-31-34(27)36-28-18-17-21(19-32(28)38-31)26-20-30-33(24-12-5-4-11-23(24)26)25-13-6-7-15-29(25)37(30)22-9-2-1-3-10-22/h1-20,36H. The molecule has 2 nitrogen and oxygen atoms in total. The van der Waals surface area contributed by atoms with Crippen LogP contribution in [0.5, 0.6) is 0 Å². The van der Waals surface area contributed by atoms with E-state index >= 15 is 0 Å². The van der Waals surface area contributed by atoms with Crippen molar-refractivity contribution in [3.8, 4) is 16.8 Å². The molecule has 1 aliphatic rings. The Morgan fingerprint density at radius 1 is 0.605 bits per heavy atom. The number of nitrogens with one attached hydrogen (secondary N) is 1. The summed E-state index contributed by atoms with van der Waals surface area (Å²) in [5.74, 6) is 0. The molecule has 38 heavy (non-hydrogen) atoms. The minimum Gasteiger partial charge on any atom is -0.352 e. The molecule has 1 aromatic heterocycles. The van der Waals surface area contributed by atoms with Gasteiger partial charge in [-0.2, -0.15) is 0 Å². The molecular weight excluding hydrogens is 504 g/mol. The number of fused-ring (bicyclic) bond motifs is 7. The van der Waals surface area contributed by atoms with E-state index in [1.807, 2.05) is 12.1 Å². The van der Waals surface area contributed by atoms with E-state index in [0.717, 1.165) is 21.3 Å². The van der Waals surface area contributed by atoms with Gasteiger partial charge >= 0.3 is 0 Å². The van der Waals surface area contributed by atoms with E-state index in [4.69, 9.17) is 11.6 Å². The molecule has 7 aromatic rings. The Morgan fingerprint density at radius 3 is 2.24 bits per heavy atom. The molecule has 0 radical (unpaired) electrons. The molecule has 0 fully saturated rings. The number of para-hydroxylation sites is 3. The van der Waals surface area contributed by atoms with Crippen LogP contribution in [0.3, 0.4) is 0 Å². The zero-order chi connectivity index (χ0) is 25.2. The number of halogens is 1. The number of hydrogen-bond acceptors (Lipinski definition) is 2. The number of anilines is 2. The Labute approximate surface area is 229 Å². The van der Waals surface area contributed by atoms with Gasteiger partial charge in [-0.05, 0) is 70.4 Å². The first-order valence-electron chi connectivity index (χ1n) is 12.6. The summed E-state index contributed by atoms with van der Waals surface area (Å²) in [4.78, 5) is 2.34. The molecule has 1 N–H and O–H groups in total. The molecule has 0 unspecified atom stereocenters. The number of benzene rings is 6. The van der Waals surface area contributed by atoms with Gasteiger partial charge in [0, 0.05) is 26.3 Å². The lowest BCUT2D eigenvalue weighted by atomic mass is 9.94. The molecule has 0 saturated heterocycles. The van der Waals surface area contributed by atoms with Gasteiger partial charge in [0.15, 0.2) is 0 Å². The van der Waals surface area contributed by atoms with E-state index in [1.165, 1.54) is 54.3 Å². The molecule has 1 aliphatic heterocycles. The highest BCUT2D eigenvalue weighted by atomic mass is 35.5. The Hall–Kier alpha value is -4.18. The topological polar surface area (TPSA) is 17.0 Å². The number of hydrogen-bond donors (Lipinski definition) is 1. The van der Waals surface area contributed by atoms with Crippen LogP contribution in [-0.2, 0) is 0 Å². The molecule has 180 valence electrons. The minimum atomic E-state index is 0.745. The first kappa shape index (κ1) is 21.9. The largest absolute Gasteiger partial charge is 0.352 e. The van der Waals surface area contributed by atoms with Gasteiger partial charge in [-0.1, -0.05) is 96.2 Å². The summed E-state index contributed by atoms with van der Waals surface area (Å²) >= 11 is 8.24. The van der Waals surface area contributed by atoms with Crippen molar-refractivity contribution in [3.63, 3.8) is 0 Å². The highest BCUT2D eigenvalue weighted by molar-refractivity contribution is 7.99. The molecule has 0 amide bonds. The van der Waals surface area contributed by atoms with Gasteiger partial charge in [0.2, 0.25) is 0 Å². The van der Waals surface area contributed by atoms with Crippen molar-refractivity contribution in [2.24, 2.45) is 0 Å². The molecule has 0 spiro atoms. The predicted octanol–water partition coefficient (Wildman–Crippen LogP) is 10.5. The maximum absolute atomic E-state index is 6.48. The molecule has 4 heteroatoms. The van der Waals surface area contributed by atoms with E-state index < -0.39 is 0 Å². The molecule has 8 rings (SSSR count). The van der Waals surface area contributed by atoms with Crippen molar-refractivity contribution in [2.45, 2.75) is 9.79 Å². The molecule has 0 saturated carbocycles. The Kier molecular flexibility index (Phi) is 4.84.